The highest BCUT2D eigenvalue weighted by Gasteiger charge is 2.22. The van der Waals surface area contributed by atoms with Crippen LogP contribution in [0.25, 0.3) is 0 Å². The normalized spacial score (nSPS) is 27.3. The third kappa shape index (κ3) is 3.25. The Morgan fingerprint density at radius 1 is 1.64 bits per heavy atom. The molecule has 1 saturated heterocycles. The molecule has 0 unspecified atom stereocenters. The molecule has 0 radical (unpaired) electrons. The molecule has 1 aliphatic rings. The Morgan fingerprint density at radius 3 is 3.00 bits per heavy atom. The Kier molecular flexibility index (Phi) is 4.71. The van der Waals surface area contributed by atoms with E-state index < -0.39 is 0 Å². The number of hydrogen-bond acceptors (Lipinski definition) is 2. The van der Waals surface area contributed by atoms with E-state index >= 15 is 0 Å². The van der Waals surface area contributed by atoms with Gasteiger partial charge in [-0.1, -0.05) is 22.6 Å². The van der Waals surface area contributed by atoms with Crippen molar-refractivity contribution in [2.24, 2.45) is 0 Å². The molecule has 1 heterocycles. The van der Waals surface area contributed by atoms with Gasteiger partial charge in [-0.3, -0.25) is 0 Å². The van der Waals surface area contributed by atoms with E-state index in [0.29, 0.717) is 16.6 Å². The van der Waals surface area contributed by atoms with Crippen molar-refractivity contribution in [1.29, 1.82) is 0 Å². The lowest BCUT2D eigenvalue weighted by atomic mass is 10.1. The van der Waals surface area contributed by atoms with Gasteiger partial charge in [-0.2, -0.15) is 0 Å². The fraction of sp³-hybridized carbons (Fsp3) is 1.00. The molecule has 0 aromatic rings. The van der Waals surface area contributed by atoms with E-state index in [1.807, 2.05) is 0 Å². The summed E-state index contributed by atoms with van der Waals surface area (Å²) >= 11 is 2.43. The predicted octanol–water partition coefficient (Wildman–Crippen LogP) is 1.74. The van der Waals surface area contributed by atoms with Gasteiger partial charge in [-0.05, 0) is 25.7 Å². The number of aliphatic hydroxyl groups excluding tert-OH is 1. The molecule has 0 aromatic carbocycles. The lowest BCUT2D eigenvalue weighted by Crippen LogP contribution is -2.19. The number of rotatable bonds is 4. The molecule has 0 aromatic heterocycles. The fourth-order valence-corrected chi connectivity index (χ4v) is 2.37. The van der Waals surface area contributed by atoms with E-state index in [2.05, 4.69) is 22.6 Å². The monoisotopic (exact) mass is 270 g/mol. The van der Waals surface area contributed by atoms with E-state index in [1.54, 1.807) is 0 Å². The van der Waals surface area contributed by atoms with E-state index in [0.717, 1.165) is 19.4 Å². The Balaban J connectivity index is 2.12. The summed E-state index contributed by atoms with van der Waals surface area (Å²) in [6.45, 7) is 1.25. The molecule has 2 atom stereocenters. The van der Waals surface area contributed by atoms with Crippen molar-refractivity contribution < 1.29 is 9.84 Å². The Morgan fingerprint density at radius 2 is 2.45 bits per heavy atom. The average Bonchev–Trinajstić information content (AvgIpc) is 2.52. The third-order valence-corrected chi connectivity index (χ3v) is 3.43. The van der Waals surface area contributed by atoms with Crippen molar-refractivity contribution in [2.45, 2.75) is 35.7 Å². The van der Waals surface area contributed by atoms with Gasteiger partial charge in [0.2, 0.25) is 0 Å². The largest absolute Gasteiger partial charge is 0.396 e. The first kappa shape index (κ1) is 9.74. The quantitative estimate of drug-likeness (QED) is 0.623. The maximum Gasteiger partial charge on any atom is 0.0693 e. The zero-order chi connectivity index (χ0) is 8.10. The second-order valence-electron chi connectivity index (χ2n) is 2.93. The van der Waals surface area contributed by atoms with Gasteiger partial charge in [0.1, 0.15) is 0 Å². The van der Waals surface area contributed by atoms with Crippen LogP contribution in [0.2, 0.25) is 0 Å². The predicted molar refractivity (Wildman–Crippen MR) is 53.1 cm³/mol. The Bertz CT molecular complexity index is 102. The van der Waals surface area contributed by atoms with Crippen molar-refractivity contribution in [3.8, 4) is 0 Å². The van der Waals surface area contributed by atoms with Crippen LogP contribution in [0.15, 0.2) is 0 Å². The van der Waals surface area contributed by atoms with E-state index in [-0.39, 0.29) is 0 Å². The van der Waals surface area contributed by atoms with Gasteiger partial charge >= 0.3 is 0 Å². The average molecular weight is 270 g/mol. The standard InChI is InChI=1S/C8H15IO2/c9-7(3-1-5-10)8-4-2-6-11-8/h7-8,10H,1-6H2/t7-,8-/m1/s1. The molecule has 0 bridgehead atoms. The SMILES string of the molecule is OCCC[C@@H](I)[C@H]1CCCO1. The zero-order valence-corrected chi connectivity index (χ0v) is 8.79. The highest BCUT2D eigenvalue weighted by Crippen LogP contribution is 2.24. The van der Waals surface area contributed by atoms with Gasteiger partial charge in [-0.25, -0.2) is 0 Å². The number of hydrogen-bond donors (Lipinski definition) is 1. The number of alkyl halides is 1. The van der Waals surface area contributed by atoms with Gasteiger partial charge in [0.15, 0.2) is 0 Å². The van der Waals surface area contributed by atoms with Crippen molar-refractivity contribution in [3.05, 3.63) is 0 Å². The first-order valence-electron chi connectivity index (χ1n) is 4.21. The van der Waals surface area contributed by atoms with Crippen molar-refractivity contribution in [1.82, 2.24) is 0 Å². The minimum atomic E-state index is 0.312. The summed E-state index contributed by atoms with van der Waals surface area (Å²) in [7, 11) is 0. The van der Waals surface area contributed by atoms with Crippen molar-refractivity contribution in [3.63, 3.8) is 0 Å². The molecule has 0 spiro atoms. The lowest BCUT2D eigenvalue weighted by Gasteiger charge is -2.15. The first-order chi connectivity index (χ1) is 5.34. The van der Waals surface area contributed by atoms with Crippen LogP contribution in [-0.4, -0.2) is 28.3 Å². The third-order valence-electron chi connectivity index (χ3n) is 2.01. The molecule has 2 nitrogen and oxygen atoms in total. The van der Waals surface area contributed by atoms with Crippen molar-refractivity contribution in [2.75, 3.05) is 13.2 Å². The van der Waals surface area contributed by atoms with Crippen molar-refractivity contribution >= 4 is 22.6 Å². The van der Waals surface area contributed by atoms with Gasteiger partial charge in [0, 0.05) is 17.1 Å². The molecule has 1 fully saturated rings. The van der Waals surface area contributed by atoms with Gasteiger partial charge in [0.25, 0.3) is 0 Å². The van der Waals surface area contributed by atoms with Crippen LogP contribution in [0, 0.1) is 0 Å². The molecule has 11 heavy (non-hydrogen) atoms. The highest BCUT2D eigenvalue weighted by atomic mass is 127. The molecular weight excluding hydrogens is 255 g/mol. The summed E-state index contributed by atoms with van der Waals surface area (Å²) in [6.07, 6.45) is 4.87. The molecule has 1 aliphatic heterocycles. The summed E-state index contributed by atoms with van der Waals surface area (Å²) < 4.78 is 6.12. The first-order valence-corrected chi connectivity index (χ1v) is 5.45. The smallest absolute Gasteiger partial charge is 0.0693 e. The zero-order valence-electron chi connectivity index (χ0n) is 6.63. The Hall–Kier alpha value is 0.650. The van der Waals surface area contributed by atoms with Crippen LogP contribution in [0.3, 0.4) is 0 Å². The molecule has 0 aliphatic carbocycles. The maximum atomic E-state index is 8.61. The van der Waals surface area contributed by atoms with Crippen LogP contribution >= 0.6 is 22.6 Å². The molecule has 0 amide bonds. The molecule has 0 saturated carbocycles. The van der Waals surface area contributed by atoms with Crippen LogP contribution in [0.5, 0.6) is 0 Å². The second kappa shape index (κ2) is 5.32. The summed E-state index contributed by atoms with van der Waals surface area (Å²) in [4.78, 5) is 0. The number of ether oxygens (including phenoxy) is 1. The highest BCUT2D eigenvalue weighted by molar-refractivity contribution is 14.1. The minimum absolute atomic E-state index is 0.312. The fourth-order valence-electron chi connectivity index (χ4n) is 1.36. The summed E-state index contributed by atoms with van der Waals surface area (Å²) in [5, 5.41) is 8.61. The molecule has 66 valence electrons. The summed E-state index contributed by atoms with van der Waals surface area (Å²) in [5.41, 5.74) is 0. The summed E-state index contributed by atoms with van der Waals surface area (Å²) in [5.74, 6) is 0. The molecule has 1 rings (SSSR count). The molecule has 1 N–H and O–H groups in total. The van der Waals surface area contributed by atoms with Crippen LogP contribution in [0.1, 0.15) is 25.7 Å². The topological polar surface area (TPSA) is 29.5 Å². The summed E-state index contributed by atoms with van der Waals surface area (Å²) in [6, 6.07) is 0. The van der Waals surface area contributed by atoms with Gasteiger partial charge in [-0.15, -0.1) is 0 Å². The molecule has 3 heteroatoms. The van der Waals surface area contributed by atoms with E-state index in [9.17, 15) is 0 Å². The second-order valence-corrected chi connectivity index (χ2v) is 4.53. The minimum Gasteiger partial charge on any atom is -0.396 e. The maximum absolute atomic E-state index is 8.61. The van der Waals surface area contributed by atoms with Gasteiger partial charge in [0.05, 0.1) is 6.10 Å². The van der Waals surface area contributed by atoms with E-state index in [4.69, 9.17) is 9.84 Å². The number of halogens is 1. The van der Waals surface area contributed by atoms with Crippen LogP contribution in [-0.2, 0) is 4.74 Å². The van der Waals surface area contributed by atoms with Gasteiger partial charge < -0.3 is 9.84 Å². The number of aliphatic hydroxyl groups is 1. The Labute approximate surface area is 81.5 Å². The lowest BCUT2D eigenvalue weighted by molar-refractivity contribution is 0.109. The van der Waals surface area contributed by atoms with Crippen LogP contribution in [0.4, 0.5) is 0 Å². The van der Waals surface area contributed by atoms with Crippen LogP contribution < -0.4 is 0 Å². The molecular formula is C8H15IO2. The van der Waals surface area contributed by atoms with E-state index in [1.165, 1.54) is 12.8 Å².